The van der Waals surface area contributed by atoms with Crippen molar-refractivity contribution in [2.75, 3.05) is 19.0 Å². The smallest absolute Gasteiger partial charge is 0.115 e. The van der Waals surface area contributed by atoms with Gasteiger partial charge in [-0.2, -0.15) is 0 Å². The molecule has 0 aliphatic carbocycles. The highest BCUT2D eigenvalue weighted by atomic mass is 16.3. The van der Waals surface area contributed by atoms with E-state index in [2.05, 4.69) is 53.4 Å². The number of aromatic hydroxyl groups is 1. The van der Waals surface area contributed by atoms with Crippen LogP contribution in [0.1, 0.15) is 0 Å². The lowest BCUT2D eigenvalue weighted by Crippen LogP contribution is -2.07. The molecule has 1 N–H and O–H groups in total. The first-order chi connectivity index (χ1) is 13.6. The fourth-order valence-electron chi connectivity index (χ4n) is 3.19. The standard InChI is InChI=1S/C25H22N2O/c1-27(2)22-12-8-18(9-13-22)21-16-24(19-6-4-3-5-7-19)26-25(17-21)20-10-14-23(28)15-11-20/h3-17,28H,1-2H3. The van der Waals surface area contributed by atoms with Crippen LogP contribution < -0.4 is 4.90 Å². The molecular formula is C25H22N2O. The lowest BCUT2D eigenvalue weighted by atomic mass is 9.99. The highest BCUT2D eigenvalue weighted by molar-refractivity contribution is 5.77. The normalized spacial score (nSPS) is 10.6. The van der Waals surface area contributed by atoms with Crippen molar-refractivity contribution in [2.24, 2.45) is 0 Å². The van der Waals surface area contributed by atoms with Gasteiger partial charge in [-0.05, 0) is 59.7 Å². The van der Waals surface area contributed by atoms with Crippen LogP contribution >= 0.6 is 0 Å². The molecule has 0 aliphatic heterocycles. The second-order valence-electron chi connectivity index (χ2n) is 6.98. The second-order valence-corrected chi connectivity index (χ2v) is 6.98. The van der Waals surface area contributed by atoms with Crippen LogP contribution in [0.3, 0.4) is 0 Å². The summed E-state index contributed by atoms with van der Waals surface area (Å²) in [6.07, 6.45) is 0. The first-order valence-electron chi connectivity index (χ1n) is 9.25. The summed E-state index contributed by atoms with van der Waals surface area (Å²) in [4.78, 5) is 6.98. The Morgan fingerprint density at radius 1 is 0.607 bits per heavy atom. The molecule has 0 amide bonds. The Balaban J connectivity index is 1.85. The van der Waals surface area contributed by atoms with Crippen molar-refractivity contribution in [3.63, 3.8) is 0 Å². The van der Waals surface area contributed by atoms with Gasteiger partial charge in [-0.3, -0.25) is 0 Å². The predicted molar refractivity (Wildman–Crippen MR) is 117 cm³/mol. The molecular weight excluding hydrogens is 344 g/mol. The van der Waals surface area contributed by atoms with Crippen LogP contribution in [0.5, 0.6) is 5.75 Å². The first kappa shape index (κ1) is 17.8. The fraction of sp³-hybridized carbons (Fsp3) is 0.0800. The lowest BCUT2D eigenvalue weighted by molar-refractivity contribution is 0.475. The largest absolute Gasteiger partial charge is 0.508 e. The summed E-state index contributed by atoms with van der Waals surface area (Å²) in [6.45, 7) is 0. The molecule has 0 unspecified atom stereocenters. The predicted octanol–water partition coefficient (Wildman–Crippen LogP) is 5.85. The number of hydrogen-bond donors (Lipinski definition) is 1. The molecule has 0 bridgehead atoms. The minimum atomic E-state index is 0.252. The van der Waals surface area contributed by atoms with Crippen LogP contribution in [-0.2, 0) is 0 Å². The molecule has 4 aromatic rings. The fourth-order valence-corrected chi connectivity index (χ4v) is 3.19. The maximum atomic E-state index is 9.62. The molecule has 0 saturated carbocycles. The topological polar surface area (TPSA) is 36.4 Å². The average Bonchev–Trinajstić information content (AvgIpc) is 2.74. The van der Waals surface area contributed by atoms with E-state index in [1.165, 1.54) is 5.69 Å². The summed E-state index contributed by atoms with van der Waals surface area (Å²) in [7, 11) is 4.08. The number of nitrogens with zero attached hydrogens (tertiary/aromatic N) is 2. The van der Waals surface area contributed by atoms with Gasteiger partial charge in [0.2, 0.25) is 0 Å². The zero-order valence-corrected chi connectivity index (χ0v) is 16.0. The number of phenolic OH excluding ortho intramolecular Hbond substituents is 1. The van der Waals surface area contributed by atoms with Crippen molar-refractivity contribution in [2.45, 2.75) is 0 Å². The van der Waals surface area contributed by atoms with E-state index < -0.39 is 0 Å². The van der Waals surface area contributed by atoms with Crippen molar-refractivity contribution in [1.29, 1.82) is 0 Å². The number of pyridine rings is 1. The van der Waals surface area contributed by atoms with Gasteiger partial charge in [0.25, 0.3) is 0 Å². The molecule has 0 atom stereocenters. The third-order valence-corrected chi connectivity index (χ3v) is 4.78. The van der Waals surface area contributed by atoms with Gasteiger partial charge in [0, 0.05) is 30.9 Å². The van der Waals surface area contributed by atoms with Crippen molar-refractivity contribution in [3.8, 4) is 39.4 Å². The van der Waals surface area contributed by atoms with E-state index in [9.17, 15) is 5.11 Å². The van der Waals surface area contributed by atoms with E-state index in [0.29, 0.717) is 0 Å². The van der Waals surface area contributed by atoms with E-state index in [4.69, 9.17) is 4.98 Å². The monoisotopic (exact) mass is 366 g/mol. The first-order valence-corrected chi connectivity index (χ1v) is 9.25. The van der Waals surface area contributed by atoms with Crippen LogP contribution in [0.4, 0.5) is 5.69 Å². The van der Waals surface area contributed by atoms with Crippen molar-refractivity contribution >= 4 is 5.69 Å². The van der Waals surface area contributed by atoms with Gasteiger partial charge in [0.1, 0.15) is 5.75 Å². The molecule has 0 radical (unpaired) electrons. The number of benzene rings is 3. The number of hydrogen-bond acceptors (Lipinski definition) is 3. The van der Waals surface area contributed by atoms with Gasteiger partial charge >= 0.3 is 0 Å². The maximum Gasteiger partial charge on any atom is 0.115 e. The third kappa shape index (κ3) is 3.74. The molecule has 138 valence electrons. The average molecular weight is 366 g/mol. The van der Waals surface area contributed by atoms with Gasteiger partial charge in [-0.15, -0.1) is 0 Å². The molecule has 1 aromatic heterocycles. The molecule has 3 nitrogen and oxygen atoms in total. The quantitative estimate of drug-likeness (QED) is 0.492. The highest BCUT2D eigenvalue weighted by Gasteiger charge is 2.09. The Bertz CT molecular complexity index is 1070. The summed E-state index contributed by atoms with van der Waals surface area (Å²) in [5.74, 6) is 0.252. The van der Waals surface area contributed by atoms with Gasteiger partial charge in [-0.25, -0.2) is 4.98 Å². The van der Waals surface area contributed by atoms with Crippen molar-refractivity contribution < 1.29 is 5.11 Å². The molecule has 0 saturated heterocycles. The minimum absolute atomic E-state index is 0.252. The SMILES string of the molecule is CN(C)c1ccc(-c2cc(-c3ccccc3)nc(-c3ccc(O)cc3)c2)cc1. The van der Waals surface area contributed by atoms with E-state index >= 15 is 0 Å². The molecule has 28 heavy (non-hydrogen) atoms. The highest BCUT2D eigenvalue weighted by Crippen LogP contribution is 2.31. The number of aromatic nitrogens is 1. The third-order valence-electron chi connectivity index (χ3n) is 4.78. The number of anilines is 1. The lowest BCUT2D eigenvalue weighted by Gasteiger charge is -2.14. The molecule has 0 fully saturated rings. The van der Waals surface area contributed by atoms with E-state index in [1.807, 2.05) is 44.4 Å². The number of rotatable bonds is 4. The Morgan fingerprint density at radius 2 is 1.14 bits per heavy atom. The van der Waals surface area contributed by atoms with Gasteiger partial charge < -0.3 is 10.0 Å². The van der Waals surface area contributed by atoms with Crippen LogP contribution in [0, 0.1) is 0 Å². The summed E-state index contributed by atoms with van der Waals surface area (Å²) in [5, 5.41) is 9.62. The van der Waals surface area contributed by atoms with Gasteiger partial charge in [-0.1, -0.05) is 42.5 Å². The zero-order chi connectivity index (χ0) is 19.5. The van der Waals surface area contributed by atoms with E-state index in [1.54, 1.807) is 12.1 Å². The van der Waals surface area contributed by atoms with Crippen molar-refractivity contribution in [1.82, 2.24) is 4.98 Å². The Kier molecular flexibility index (Phi) is 4.81. The van der Waals surface area contributed by atoms with E-state index in [-0.39, 0.29) is 5.75 Å². The summed E-state index contributed by atoms with van der Waals surface area (Å²) in [5.41, 5.74) is 7.29. The Morgan fingerprint density at radius 3 is 1.71 bits per heavy atom. The molecule has 4 rings (SSSR count). The van der Waals surface area contributed by atoms with Crippen LogP contribution in [0.15, 0.2) is 91.0 Å². The molecule has 1 heterocycles. The van der Waals surface area contributed by atoms with Crippen LogP contribution in [-0.4, -0.2) is 24.2 Å². The van der Waals surface area contributed by atoms with E-state index in [0.717, 1.165) is 33.6 Å². The zero-order valence-electron chi connectivity index (χ0n) is 16.0. The Labute approximate surface area is 165 Å². The summed E-state index contributed by atoms with van der Waals surface area (Å²) >= 11 is 0. The summed E-state index contributed by atoms with van der Waals surface area (Å²) < 4.78 is 0. The Hall–Kier alpha value is -3.59. The summed E-state index contributed by atoms with van der Waals surface area (Å²) in [6, 6.07) is 30.1. The molecule has 3 heteroatoms. The van der Waals surface area contributed by atoms with Gasteiger partial charge in [0.15, 0.2) is 0 Å². The van der Waals surface area contributed by atoms with Crippen LogP contribution in [0.2, 0.25) is 0 Å². The second kappa shape index (κ2) is 7.57. The number of phenols is 1. The van der Waals surface area contributed by atoms with Crippen LogP contribution in [0.25, 0.3) is 33.6 Å². The molecule has 3 aromatic carbocycles. The molecule has 0 aliphatic rings. The minimum Gasteiger partial charge on any atom is -0.508 e. The van der Waals surface area contributed by atoms with Crippen molar-refractivity contribution in [3.05, 3.63) is 91.0 Å². The maximum absolute atomic E-state index is 9.62. The molecule has 0 spiro atoms. The van der Waals surface area contributed by atoms with Gasteiger partial charge in [0.05, 0.1) is 11.4 Å².